The Kier molecular flexibility index (Phi) is 3.73. The first-order chi connectivity index (χ1) is 8.97. The van der Waals surface area contributed by atoms with Gasteiger partial charge in [0.2, 0.25) is 10.0 Å². The van der Waals surface area contributed by atoms with Crippen LogP contribution in [0, 0.1) is 0 Å². The van der Waals surface area contributed by atoms with Crippen LogP contribution in [0.1, 0.15) is 5.56 Å². The maximum Gasteiger partial charge on any atom is 0.241 e. The number of hydrogen-bond acceptors (Lipinski definition) is 4. The average molecular weight is 278 g/mol. The molecule has 0 spiro atoms. The van der Waals surface area contributed by atoms with E-state index in [1.54, 1.807) is 6.07 Å². The Morgan fingerprint density at radius 3 is 2.37 bits per heavy atom. The molecule has 0 heterocycles. The smallest absolute Gasteiger partial charge is 0.241 e. The van der Waals surface area contributed by atoms with Crippen LogP contribution in [0.5, 0.6) is 5.75 Å². The molecule has 2 rings (SSSR count). The number of sulfonamides is 1. The third kappa shape index (κ3) is 3.46. The van der Waals surface area contributed by atoms with Crippen molar-refractivity contribution in [1.82, 2.24) is 0 Å². The molecular formula is C13H14N2O3S. The van der Waals surface area contributed by atoms with Gasteiger partial charge in [-0.2, -0.15) is 0 Å². The average Bonchev–Trinajstić information content (AvgIpc) is 2.37. The highest BCUT2D eigenvalue weighted by Crippen LogP contribution is 2.25. The predicted octanol–water partition coefficient (Wildman–Crippen LogP) is 1.50. The SMILES string of the molecule is Nc1ccc(OCc2ccccc2)c(S(N)(=O)=O)c1. The zero-order chi connectivity index (χ0) is 13.9. The summed E-state index contributed by atoms with van der Waals surface area (Å²) in [6.07, 6.45) is 0. The molecular weight excluding hydrogens is 264 g/mol. The molecule has 0 aliphatic heterocycles. The fourth-order valence-corrected chi connectivity index (χ4v) is 2.31. The molecule has 0 saturated carbocycles. The Balaban J connectivity index is 2.26. The van der Waals surface area contributed by atoms with Gasteiger partial charge in [0, 0.05) is 5.69 Å². The lowest BCUT2D eigenvalue weighted by Crippen LogP contribution is -2.14. The highest BCUT2D eigenvalue weighted by molar-refractivity contribution is 7.89. The molecule has 0 fully saturated rings. The van der Waals surface area contributed by atoms with Gasteiger partial charge in [0.25, 0.3) is 0 Å². The third-order valence-electron chi connectivity index (χ3n) is 2.51. The van der Waals surface area contributed by atoms with E-state index < -0.39 is 10.0 Å². The summed E-state index contributed by atoms with van der Waals surface area (Å²) in [5, 5.41) is 5.13. The molecule has 0 bridgehead atoms. The third-order valence-corrected chi connectivity index (χ3v) is 3.44. The van der Waals surface area contributed by atoms with E-state index in [0.29, 0.717) is 5.69 Å². The molecule has 0 aromatic heterocycles. The number of rotatable bonds is 4. The molecule has 0 atom stereocenters. The molecule has 2 aromatic carbocycles. The van der Waals surface area contributed by atoms with Gasteiger partial charge in [-0.05, 0) is 23.8 Å². The monoisotopic (exact) mass is 278 g/mol. The van der Waals surface area contributed by atoms with E-state index in [0.717, 1.165) is 5.56 Å². The van der Waals surface area contributed by atoms with Crippen molar-refractivity contribution >= 4 is 15.7 Å². The van der Waals surface area contributed by atoms with Gasteiger partial charge in [-0.3, -0.25) is 0 Å². The van der Waals surface area contributed by atoms with Gasteiger partial charge >= 0.3 is 0 Å². The Bertz CT molecular complexity index is 670. The van der Waals surface area contributed by atoms with Gasteiger partial charge in [0.15, 0.2) is 0 Å². The van der Waals surface area contributed by atoms with E-state index >= 15 is 0 Å². The summed E-state index contributed by atoms with van der Waals surface area (Å²) in [5.74, 6) is 0.195. The Morgan fingerprint density at radius 2 is 1.74 bits per heavy atom. The van der Waals surface area contributed by atoms with Crippen molar-refractivity contribution in [3.8, 4) is 5.75 Å². The fraction of sp³-hybridized carbons (Fsp3) is 0.0769. The lowest BCUT2D eigenvalue weighted by Gasteiger charge is -2.10. The lowest BCUT2D eigenvalue weighted by atomic mass is 10.2. The summed E-state index contributed by atoms with van der Waals surface area (Å²) in [5.41, 5.74) is 6.80. The van der Waals surface area contributed by atoms with E-state index in [1.807, 2.05) is 30.3 Å². The number of nitrogens with two attached hydrogens (primary N) is 2. The molecule has 4 N–H and O–H groups in total. The van der Waals surface area contributed by atoms with Crippen LogP contribution >= 0.6 is 0 Å². The van der Waals surface area contributed by atoms with Crippen molar-refractivity contribution in [1.29, 1.82) is 0 Å². The van der Waals surface area contributed by atoms with E-state index in [-0.39, 0.29) is 17.3 Å². The molecule has 0 radical (unpaired) electrons. The maximum absolute atomic E-state index is 11.5. The summed E-state index contributed by atoms with van der Waals surface area (Å²) >= 11 is 0. The Labute approximate surface area is 111 Å². The molecule has 6 heteroatoms. The summed E-state index contributed by atoms with van der Waals surface area (Å²) in [6.45, 7) is 0.257. The van der Waals surface area contributed by atoms with Gasteiger partial charge in [-0.25, -0.2) is 13.6 Å². The Morgan fingerprint density at radius 1 is 1.05 bits per heavy atom. The number of hydrogen-bond donors (Lipinski definition) is 2. The van der Waals surface area contributed by atoms with Crippen molar-refractivity contribution in [3.63, 3.8) is 0 Å². The zero-order valence-corrected chi connectivity index (χ0v) is 10.9. The number of nitrogen functional groups attached to an aromatic ring is 1. The highest BCUT2D eigenvalue weighted by atomic mass is 32.2. The highest BCUT2D eigenvalue weighted by Gasteiger charge is 2.15. The van der Waals surface area contributed by atoms with Crippen molar-refractivity contribution in [2.45, 2.75) is 11.5 Å². The van der Waals surface area contributed by atoms with Crippen molar-refractivity contribution in [3.05, 3.63) is 54.1 Å². The quantitative estimate of drug-likeness (QED) is 0.828. The molecule has 0 amide bonds. The van der Waals surface area contributed by atoms with E-state index in [4.69, 9.17) is 15.6 Å². The normalized spacial score (nSPS) is 11.2. The first-order valence-electron chi connectivity index (χ1n) is 5.56. The number of benzene rings is 2. The topological polar surface area (TPSA) is 95.4 Å². The van der Waals surface area contributed by atoms with E-state index in [1.165, 1.54) is 12.1 Å². The lowest BCUT2D eigenvalue weighted by molar-refractivity contribution is 0.298. The molecule has 100 valence electrons. The second-order valence-corrected chi connectivity index (χ2v) is 5.56. The summed E-state index contributed by atoms with van der Waals surface area (Å²) in [6, 6.07) is 13.8. The van der Waals surface area contributed by atoms with Gasteiger partial charge in [0.1, 0.15) is 17.3 Å². The van der Waals surface area contributed by atoms with E-state index in [2.05, 4.69) is 0 Å². The summed E-state index contributed by atoms with van der Waals surface area (Å²) < 4.78 is 28.4. The van der Waals surface area contributed by atoms with Gasteiger partial charge < -0.3 is 10.5 Å². The Hall–Kier alpha value is -2.05. The molecule has 0 saturated heterocycles. The second-order valence-electron chi connectivity index (χ2n) is 4.03. The van der Waals surface area contributed by atoms with Gasteiger partial charge in [0.05, 0.1) is 0 Å². The first kappa shape index (κ1) is 13.4. The minimum atomic E-state index is -3.87. The second kappa shape index (κ2) is 5.29. The predicted molar refractivity (Wildman–Crippen MR) is 73.0 cm³/mol. The summed E-state index contributed by atoms with van der Waals surface area (Å²) in [4.78, 5) is -0.108. The van der Waals surface area contributed by atoms with Crippen LogP contribution in [-0.2, 0) is 16.6 Å². The number of ether oxygens (including phenoxy) is 1. The van der Waals surface area contributed by atoms with E-state index in [9.17, 15) is 8.42 Å². The van der Waals surface area contributed by atoms with Crippen molar-refractivity contribution < 1.29 is 13.2 Å². The van der Waals surface area contributed by atoms with Crippen LogP contribution in [0.2, 0.25) is 0 Å². The van der Waals surface area contributed by atoms with Crippen LogP contribution in [0.15, 0.2) is 53.4 Å². The van der Waals surface area contributed by atoms with Crippen LogP contribution in [0.3, 0.4) is 0 Å². The largest absolute Gasteiger partial charge is 0.487 e. The molecule has 0 aliphatic rings. The number of anilines is 1. The first-order valence-corrected chi connectivity index (χ1v) is 7.10. The van der Waals surface area contributed by atoms with Crippen molar-refractivity contribution in [2.75, 3.05) is 5.73 Å². The standard InChI is InChI=1S/C13H14N2O3S/c14-11-6-7-12(13(8-11)19(15,16)17)18-9-10-4-2-1-3-5-10/h1-8H,9,14H2,(H2,15,16,17). The molecule has 0 aliphatic carbocycles. The molecule has 19 heavy (non-hydrogen) atoms. The van der Waals surface area contributed by atoms with Gasteiger partial charge in [-0.1, -0.05) is 30.3 Å². The zero-order valence-electron chi connectivity index (χ0n) is 10.1. The minimum Gasteiger partial charge on any atom is -0.487 e. The van der Waals surface area contributed by atoms with Crippen LogP contribution in [0.25, 0.3) is 0 Å². The molecule has 2 aromatic rings. The van der Waals surface area contributed by atoms with Crippen molar-refractivity contribution in [2.24, 2.45) is 5.14 Å². The van der Waals surface area contributed by atoms with Gasteiger partial charge in [-0.15, -0.1) is 0 Å². The maximum atomic E-state index is 11.5. The molecule has 0 unspecified atom stereocenters. The van der Waals surface area contributed by atoms with Crippen LogP contribution in [0.4, 0.5) is 5.69 Å². The van der Waals surface area contributed by atoms with Crippen LogP contribution < -0.4 is 15.6 Å². The minimum absolute atomic E-state index is 0.108. The fourth-order valence-electron chi connectivity index (χ4n) is 1.60. The summed E-state index contributed by atoms with van der Waals surface area (Å²) in [7, 11) is -3.87. The van der Waals surface area contributed by atoms with Crippen LogP contribution in [-0.4, -0.2) is 8.42 Å². The molecule has 5 nitrogen and oxygen atoms in total. The number of primary sulfonamides is 1.